The minimum absolute atomic E-state index is 0.134. The average Bonchev–Trinajstić information content (AvgIpc) is 2.75. The number of nitro groups is 1. The smallest absolute Gasteiger partial charge is 0.407 e. The number of nitro benzene ring substituents is 1. The number of amides is 1. The Balaban J connectivity index is 1.83. The highest BCUT2D eigenvalue weighted by atomic mass is 19.1. The monoisotopic (exact) mass is 416 g/mol. The van der Waals surface area contributed by atoms with Gasteiger partial charge in [-0.15, -0.1) is 0 Å². The quantitative estimate of drug-likeness (QED) is 0.307. The van der Waals surface area contributed by atoms with Crippen LogP contribution >= 0.6 is 0 Å². The third kappa shape index (κ3) is 6.72. The van der Waals surface area contributed by atoms with Crippen LogP contribution in [0.25, 0.3) is 0 Å². The zero-order chi connectivity index (χ0) is 21.9. The number of alkyl carbamates (subject to hydrolysis) is 1. The van der Waals surface area contributed by atoms with Gasteiger partial charge in [0.15, 0.2) is 5.82 Å². The maximum atomic E-state index is 14.2. The Hall–Kier alpha value is -3.71. The van der Waals surface area contributed by atoms with Crippen LogP contribution in [0.4, 0.5) is 20.6 Å². The molecule has 0 aliphatic carbocycles. The molecule has 1 atom stereocenters. The lowest BCUT2D eigenvalue weighted by Gasteiger charge is -2.18. The van der Waals surface area contributed by atoms with Gasteiger partial charge in [-0.2, -0.15) is 5.26 Å². The Bertz CT molecular complexity index is 917. The first-order valence-corrected chi connectivity index (χ1v) is 9.14. The molecule has 0 heterocycles. The number of anilines is 1. The Morgan fingerprint density at radius 2 is 2.07 bits per heavy atom. The molecule has 2 rings (SSSR count). The summed E-state index contributed by atoms with van der Waals surface area (Å²) in [5, 5.41) is 34.7. The van der Waals surface area contributed by atoms with Gasteiger partial charge in [0.2, 0.25) is 0 Å². The fraction of sp³-hybridized carbons (Fsp3) is 0.300. The van der Waals surface area contributed by atoms with Gasteiger partial charge in [0.25, 0.3) is 5.69 Å². The van der Waals surface area contributed by atoms with E-state index in [1.807, 2.05) is 30.3 Å². The molecule has 30 heavy (non-hydrogen) atoms. The SMILES string of the molecule is N#Cc1cc(F)c(N[C@H](CO)CCCNC(=O)OCc2ccccc2)c([N+](=O)[O-])c1. The number of carbonyl (C=O) groups is 1. The van der Waals surface area contributed by atoms with Gasteiger partial charge in [-0.3, -0.25) is 10.1 Å². The summed E-state index contributed by atoms with van der Waals surface area (Å²) in [6, 6.07) is 12.0. The Labute approximate surface area is 172 Å². The van der Waals surface area contributed by atoms with Crippen LogP contribution in [0.5, 0.6) is 0 Å². The first-order valence-electron chi connectivity index (χ1n) is 9.14. The van der Waals surface area contributed by atoms with Crippen LogP contribution in [-0.2, 0) is 11.3 Å². The van der Waals surface area contributed by atoms with Gasteiger partial charge in [-0.05, 0) is 24.5 Å². The number of hydrogen-bond acceptors (Lipinski definition) is 7. The first-order chi connectivity index (χ1) is 14.4. The minimum Gasteiger partial charge on any atom is -0.445 e. The number of rotatable bonds is 10. The van der Waals surface area contributed by atoms with Crippen molar-refractivity contribution in [1.29, 1.82) is 5.26 Å². The van der Waals surface area contributed by atoms with Crippen LogP contribution in [0.1, 0.15) is 24.0 Å². The summed E-state index contributed by atoms with van der Waals surface area (Å²) >= 11 is 0. The largest absolute Gasteiger partial charge is 0.445 e. The van der Waals surface area contributed by atoms with Crippen LogP contribution in [0.2, 0.25) is 0 Å². The number of nitrogens with zero attached hydrogens (tertiary/aromatic N) is 2. The zero-order valence-corrected chi connectivity index (χ0v) is 16.0. The van der Waals surface area contributed by atoms with Gasteiger partial charge in [0.05, 0.1) is 23.2 Å². The van der Waals surface area contributed by atoms with Gasteiger partial charge in [-0.1, -0.05) is 30.3 Å². The van der Waals surface area contributed by atoms with E-state index in [9.17, 15) is 24.4 Å². The third-order valence-corrected chi connectivity index (χ3v) is 4.18. The molecule has 2 aromatic rings. The molecular formula is C20H21FN4O5. The summed E-state index contributed by atoms with van der Waals surface area (Å²) in [5.74, 6) is -0.957. The van der Waals surface area contributed by atoms with Gasteiger partial charge < -0.3 is 20.5 Å². The molecule has 0 saturated carbocycles. The van der Waals surface area contributed by atoms with Crippen LogP contribution in [0.3, 0.4) is 0 Å². The molecule has 0 spiro atoms. The van der Waals surface area contributed by atoms with Crippen molar-refractivity contribution in [3.8, 4) is 6.07 Å². The highest BCUT2D eigenvalue weighted by Crippen LogP contribution is 2.30. The molecule has 0 aliphatic heterocycles. The Kier molecular flexibility index (Phi) is 8.53. The van der Waals surface area contributed by atoms with E-state index in [1.54, 1.807) is 6.07 Å². The molecule has 0 fully saturated rings. The van der Waals surface area contributed by atoms with E-state index >= 15 is 0 Å². The number of nitrogens with one attached hydrogen (secondary N) is 2. The maximum Gasteiger partial charge on any atom is 0.407 e. The second-order valence-electron chi connectivity index (χ2n) is 6.38. The molecular weight excluding hydrogens is 395 g/mol. The number of carbonyl (C=O) groups excluding carboxylic acids is 1. The second-order valence-corrected chi connectivity index (χ2v) is 6.38. The number of aliphatic hydroxyl groups excluding tert-OH is 1. The van der Waals surface area contributed by atoms with E-state index in [2.05, 4.69) is 10.6 Å². The lowest BCUT2D eigenvalue weighted by Crippen LogP contribution is -2.29. The summed E-state index contributed by atoms with van der Waals surface area (Å²) < 4.78 is 19.3. The molecule has 0 aliphatic rings. The number of ether oxygens (including phenoxy) is 1. The van der Waals surface area contributed by atoms with E-state index in [0.29, 0.717) is 12.8 Å². The minimum atomic E-state index is -0.957. The van der Waals surface area contributed by atoms with Crippen LogP contribution in [-0.4, -0.2) is 35.3 Å². The van der Waals surface area contributed by atoms with Crippen molar-refractivity contribution in [2.45, 2.75) is 25.5 Å². The molecule has 10 heteroatoms. The number of hydrogen-bond donors (Lipinski definition) is 3. The maximum absolute atomic E-state index is 14.2. The average molecular weight is 416 g/mol. The van der Waals surface area contributed by atoms with Gasteiger partial charge in [0, 0.05) is 18.7 Å². The molecule has 0 radical (unpaired) electrons. The number of halogens is 1. The molecule has 0 aromatic heterocycles. The van der Waals surface area contributed by atoms with Crippen molar-refractivity contribution in [3.05, 3.63) is 69.5 Å². The predicted octanol–water partition coefficient (Wildman–Crippen LogP) is 3.08. The highest BCUT2D eigenvalue weighted by Gasteiger charge is 2.22. The van der Waals surface area contributed by atoms with Gasteiger partial charge in [0.1, 0.15) is 12.3 Å². The van der Waals surface area contributed by atoms with Crippen molar-refractivity contribution in [2.24, 2.45) is 0 Å². The molecule has 0 saturated heterocycles. The second kappa shape index (κ2) is 11.3. The number of aliphatic hydroxyl groups is 1. The first kappa shape index (κ1) is 22.6. The normalized spacial score (nSPS) is 11.2. The van der Waals surface area contributed by atoms with Gasteiger partial charge in [-0.25, -0.2) is 9.18 Å². The zero-order valence-electron chi connectivity index (χ0n) is 16.0. The predicted molar refractivity (Wildman–Crippen MR) is 106 cm³/mol. The summed E-state index contributed by atoms with van der Waals surface area (Å²) in [6.07, 6.45) is 0.109. The van der Waals surface area contributed by atoms with E-state index < -0.39 is 40.9 Å². The lowest BCUT2D eigenvalue weighted by atomic mass is 10.1. The topological polar surface area (TPSA) is 138 Å². The molecule has 3 N–H and O–H groups in total. The van der Waals surface area contributed by atoms with Crippen molar-refractivity contribution in [3.63, 3.8) is 0 Å². The third-order valence-electron chi connectivity index (χ3n) is 4.18. The standard InChI is InChI=1S/C20H21FN4O5/c21-17-9-15(11-22)10-18(25(28)29)19(17)24-16(12-26)7-4-8-23-20(27)30-13-14-5-2-1-3-6-14/h1-3,5-6,9-10,16,24,26H,4,7-8,12-13H2,(H,23,27)/t16-/m0/s1. The molecule has 2 aromatic carbocycles. The highest BCUT2D eigenvalue weighted by molar-refractivity contribution is 5.67. The lowest BCUT2D eigenvalue weighted by molar-refractivity contribution is -0.384. The van der Waals surface area contributed by atoms with Crippen molar-refractivity contribution in [2.75, 3.05) is 18.5 Å². The Morgan fingerprint density at radius 1 is 1.33 bits per heavy atom. The van der Waals surface area contributed by atoms with E-state index in [0.717, 1.165) is 17.7 Å². The van der Waals surface area contributed by atoms with Crippen LogP contribution in [0.15, 0.2) is 42.5 Å². The van der Waals surface area contributed by atoms with Crippen LogP contribution < -0.4 is 10.6 Å². The van der Waals surface area contributed by atoms with Crippen molar-refractivity contribution < 1.29 is 24.0 Å². The molecule has 158 valence electrons. The molecule has 0 unspecified atom stereocenters. The van der Waals surface area contributed by atoms with E-state index in [4.69, 9.17) is 10.00 Å². The Morgan fingerprint density at radius 3 is 2.70 bits per heavy atom. The van der Waals surface area contributed by atoms with Crippen molar-refractivity contribution >= 4 is 17.5 Å². The molecule has 1 amide bonds. The molecule has 0 bridgehead atoms. The number of benzene rings is 2. The summed E-state index contributed by atoms with van der Waals surface area (Å²) in [6.45, 7) is -0.0338. The number of nitriles is 1. The van der Waals surface area contributed by atoms with E-state index in [1.165, 1.54) is 0 Å². The fourth-order valence-electron chi connectivity index (χ4n) is 2.67. The van der Waals surface area contributed by atoms with Crippen molar-refractivity contribution in [1.82, 2.24) is 5.32 Å². The van der Waals surface area contributed by atoms with Crippen LogP contribution in [0, 0.1) is 27.3 Å². The summed E-state index contributed by atoms with van der Waals surface area (Å²) in [7, 11) is 0. The summed E-state index contributed by atoms with van der Waals surface area (Å²) in [4.78, 5) is 22.1. The van der Waals surface area contributed by atoms with E-state index in [-0.39, 0.29) is 18.7 Å². The van der Waals surface area contributed by atoms with Gasteiger partial charge >= 0.3 is 6.09 Å². The fourth-order valence-corrected chi connectivity index (χ4v) is 2.67. The summed E-state index contributed by atoms with van der Waals surface area (Å²) in [5.41, 5.74) is -0.312. The molecule has 9 nitrogen and oxygen atoms in total.